The van der Waals surface area contributed by atoms with Crippen LogP contribution in [0.1, 0.15) is 39.5 Å². The Morgan fingerprint density at radius 2 is 2.11 bits per heavy atom. The van der Waals surface area contributed by atoms with E-state index in [1.54, 1.807) is 0 Å². The van der Waals surface area contributed by atoms with Crippen LogP contribution in [0.4, 0.5) is 0 Å². The summed E-state index contributed by atoms with van der Waals surface area (Å²) < 4.78 is 5.77. The number of rotatable bonds is 5. The molecule has 3 aliphatic rings. The summed E-state index contributed by atoms with van der Waals surface area (Å²) in [6.07, 6.45) is 4.90. The van der Waals surface area contributed by atoms with Crippen molar-refractivity contribution in [1.29, 1.82) is 5.26 Å². The van der Waals surface area contributed by atoms with Crippen molar-refractivity contribution in [3.05, 3.63) is 0 Å². The number of hydrogen-bond acceptors (Lipinski definition) is 4. The number of nitrogens with one attached hydrogen (secondary N) is 1. The number of ether oxygens (including phenoxy) is 1. The molecular formula is C15H25N3O. The first-order valence-electron chi connectivity index (χ1n) is 7.58. The van der Waals surface area contributed by atoms with Gasteiger partial charge in [0, 0.05) is 25.7 Å². The van der Waals surface area contributed by atoms with Crippen LogP contribution in [-0.2, 0) is 4.74 Å². The summed E-state index contributed by atoms with van der Waals surface area (Å²) in [5.41, 5.74) is -0.392. The van der Waals surface area contributed by atoms with Gasteiger partial charge >= 0.3 is 0 Å². The second kappa shape index (κ2) is 4.73. The zero-order valence-corrected chi connectivity index (χ0v) is 12.1. The van der Waals surface area contributed by atoms with Gasteiger partial charge in [-0.2, -0.15) is 5.26 Å². The molecule has 19 heavy (non-hydrogen) atoms. The molecule has 0 bridgehead atoms. The summed E-state index contributed by atoms with van der Waals surface area (Å²) >= 11 is 0. The third-order valence-electron chi connectivity index (χ3n) is 4.49. The fourth-order valence-corrected chi connectivity index (χ4v) is 3.22. The van der Waals surface area contributed by atoms with Gasteiger partial charge in [-0.1, -0.05) is 0 Å². The fraction of sp³-hybridized carbons (Fsp3) is 0.933. The smallest absolute Gasteiger partial charge is 0.122 e. The van der Waals surface area contributed by atoms with Gasteiger partial charge in [0.15, 0.2) is 0 Å². The number of nitrogens with zero attached hydrogens (tertiary/aromatic N) is 2. The molecule has 1 heterocycles. The Morgan fingerprint density at radius 3 is 2.63 bits per heavy atom. The molecule has 2 aliphatic carbocycles. The minimum Gasteiger partial charge on any atom is -0.373 e. The lowest BCUT2D eigenvalue weighted by Gasteiger charge is -2.42. The van der Waals surface area contributed by atoms with Gasteiger partial charge in [0.05, 0.1) is 18.3 Å². The van der Waals surface area contributed by atoms with Crippen LogP contribution in [0.15, 0.2) is 0 Å². The molecule has 0 amide bonds. The molecule has 1 aliphatic heterocycles. The maximum atomic E-state index is 9.75. The molecule has 1 unspecified atom stereocenters. The normalized spacial score (nSPS) is 30.6. The molecular weight excluding hydrogens is 238 g/mol. The highest BCUT2D eigenvalue weighted by molar-refractivity contribution is 5.18. The van der Waals surface area contributed by atoms with Crippen molar-refractivity contribution in [2.24, 2.45) is 5.92 Å². The average molecular weight is 263 g/mol. The highest BCUT2D eigenvalue weighted by Crippen LogP contribution is 2.42. The van der Waals surface area contributed by atoms with E-state index in [2.05, 4.69) is 30.1 Å². The van der Waals surface area contributed by atoms with Crippen LogP contribution in [0.2, 0.25) is 0 Å². The van der Waals surface area contributed by atoms with Crippen molar-refractivity contribution in [3.8, 4) is 6.07 Å². The van der Waals surface area contributed by atoms with Crippen LogP contribution in [0, 0.1) is 17.2 Å². The highest BCUT2D eigenvalue weighted by atomic mass is 16.5. The molecule has 2 saturated carbocycles. The molecule has 0 radical (unpaired) electrons. The zero-order chi connectivity index (χ0) is 13.5. The topological polar surface area (TPSA) is 48.3 Å². The van der Waals surface area contributed by atoms with E-state index in [4.69, 9.17) is 4.74 Å². The van der Waals surface area contributed by atoms with Gasteiger partial charge in [0.25, 0.3) is 0 Å². The largest absolute Gasteiger partial charge is 0.373 e. The Kier molecular flexibility index (Phi) is 3.33. The Balaban J connectivity index is 1.68. The first-order valence-corrected chi connectivity index (χ1v) is 7.58. The maximum Gasteiger partial charge on any atom is 0.122 e. The van der Waals surface area contributed by atoms with Gasteiger partial charge in [-0.05, 0) is 45.4 Å². The lowest BCUT2D eigenvalue weighted by Crippen LogP contribution is -2.59. The van der Waals surface area contributed by atoms with Gasteiger partial charge in [-0.25, -0.2) is 0 Å². The van der Waals surface area contributed by atoms with E-state index in [0.717, 1.165) is 26.2 Å². The molecule has 3 fully saturated rings. The average Bonchev–Trinajstić information content (AvgIpc) is 3.20. The molecule has 0 aromatic rings. The lowest BCUT2D eigenvalue weighted by atomic mass is 9.92. The minimum atomic E-state index is -0.311. The Hall–Kier alpha value is -0.630. The molecule has 0 aromatic carbocycles. The van der Waals surface area contributed by atoms with Crippen molar-refractivity contribution >= 4 is 0 Å². The quantitative estimate of drug-likeness (QED) is 0.817. The van der Waals surface area contributed by atoms with Gasteiger partial charge in [0.2, 0.25) is 0 Å². The van der Waals surface area contributed by atoms with E-state index in [1.165, 1.54) is 25.7 Å². The van der Waals surface area contributed by atoms with Gasteiger partial charge in [-0.3, -0.25) is 10.2 Å². The van der Waals surface area contributed by atoms with E-state index in [-0.39, 0.29) is 11.1 Å². The van der Waals surface area contributed by atoms with Crippen LogP contribution >= 0.6 is 0 Å². The summed E-state index contributed by atoms with van der Waals surface area (Å²) in [7, 11) is 0. The van der Waals surface area contributed by atoms with Crippen LogP contribution < -0.4 is 5.32 Å². The standard InChI is InChI=1S/C15H25N3O/c1-14(2)10-18(7-8-19-14)11-15(9-16,12-3-4-12)17-13-5-6-13/h12-13,17H,3-8,10-11H2,1-2H3. The third-order valence-corrected chi connectivity index (χ3v) is 4.49. The Labute approximate surface area is 116 Å². The second-order valence-corrected chi connectivity index (χ2v) is 7.09. The van der Waals surface area contributed by atoms with Crippen molar-refractivity contribution < 1.29 is 4.74 Å². The molecule has 4 nitrogen and oxygen atoms in total. The summed E-state index contributed by atoms with van der Waals surface area (Å²) in [5.74, 6) is 0.559. The zero-order valence-electron chi connectivity index (χ0n) is 12.1. The molecule has 1 atom stereocenters. The Bertz CT molecular complexity index is 381. The number of nitriles is 1. The Morgan fingerprint density at radius 1 is 1.37 bits per heavy atom. The van der Waals surface area contributed by atoms with E-state index >= 15 is 0 Å². The van der Waals surface area contributed by atoms with E-state index in [1.807, 2.05) is 0 Å². The minimum absolute atomic E-state index is 0.0808. The van der Waals surface area contributed by atoms with E-state index in [9.17, 15) is 5.26 Å². The molecule has 4 heteroatoms. The number of hydrogen-bond donors (Lipinski definition) is 1. The SMILES string of the molecule is CC1(C)CN(CC(C#N)(NC2CC2)C2CC2)CCO1. The predicted octanol–water partition coefficient (Wildman–Crippen LogP) is 1.52. The van der Waals surface area contributed by atoms with Gasteiger partial charge < -0.3 is 4.74 Å². The molecule has 1 N–H and O–H groups in total. The van der Waals surface area contributed by atoms with Crippen molar-refractivity contribution in [2.45, 2.75) is 56.7 Å². The van der Waals surface area contributed by atoms with Gasteiger partial charge in [0.1, 0.15) is 5.54 Å². The summed E-state index contributed by atoms with van der Waals surface area (Å²) in [5, 5.41) is 13.4. The fourth-order valence-electron chi connectivity index (χ4n) is 3.22. The summed E-state index contributed by atoms with van der Waals surface area (Å²) in [6.45, 7) is 7.79. The maximum absolute atomic E-state index is 9.75. The molecule has 1 saturated heterocycles. The molecule has 0 spiro atoms. The summed E-state index contributed by atoms with van der Waals surface area (Å²) in [6, 6.07) is 3.22. The first-order chi connectivity index (χ1) is 9.03. The van der Waals surface area contributed by atoms with Crippen LogP contribution in [-0.4, -0.2) is 48.3 Å². The van der Waals surface area contributed by atoms with Crippen molar-refractivity contribution in [2.75, 3.05) is 26.2 Å². The predicted molar refractivity (Wildman–Crippen MR) is 73.7 cm³/mol. The molecule has 3 rings (SSSR count). The van der Waals surface area contributed by atoms with Crippen molar-refractivity contribution in [1.82, 2.24) is 10.2 Å². The van der Waals surface area contributed by atoms with Crippen LogP contribution in [0.25, 0.3) is 0 Å². The molecule has 0 aromatic heterocycles. The van der Waals surface area contributed by atoms with E-state index < -0.39 is 0 Å². The first kappa shape index (κ1) is 13.4. The van der Waals surface area contributed by atoms with E-state index in [0.29, 0.717) is 12.0 Å². The van der Waals surface area contributed by atoms with Gasteiger partial charge in [-0.15, -0.1) is 0 Å². The molecule has 106 valence electrons. The third kappa shape index (κ3) is 3.10. The van der Waals surface area contributed by atoms with Crippen LogP contribution in [0.3, 0.4) is 0 Å². The summed E-state index contributed by atoms with van der Waals surface area (Å²) in [4.78, 5) is 2.42. The monoisotopic (exact) mass is 263 g/mol. The highest BCUT2D eigenvalue weighted by Gasteiger charge is 2.49. The lowest BCUT2D eigenvalue weighted by molar-refractivity contribution is -0.0902. The number of morpholine rings is 1. The van der Waals surface area contributed by atoms with Crippen molar-refractivity contribution in [3.63, 3.8) is 0 Å². The van der Waals surface area contributed by atoms with Crippen LogP contribution in [0.5, 0.6) is 0 Å². The second-order valence-electron chi connectivity index (χ2n) is 7.09.